The molecular formula is C11H23ClN2O2. The number of nitrogens with one attached hydrogen (secondary N) is 2. The number of rotatable bonds is 4. The summed E-state index contributed by atoms with van der Waals surface area (Å²) in [5.74, 6) is 0.334. The van der Waals surface area contributed by atoms with E-state index < -0.39 is 0 Å². The van der Waals surface area contributed by atoms with Crippen molar-refractivity contribution in [3.05, 3.63) is 0 Å². The molecule has 0 bridgehead atoms. The number of hydrogen-bond donors (Lipinski definition) is 2. The van der Waals surface area contributed by atoms with Crippen LogP contribution in [0.2, 0.25) is 0 Å². The number of piperidine rings is 1. The summed E-state index contributed by atoms with van der Waals surface area (Å²) in [4.78, 5) is 11.9. The van der Waals surface area contributed by atoms with E-state index in [-0.39, 0.29) is 29.8 Å². The molecule has 2 N–H and O–H groups in total. The molecule has 1 fully saturated rings. The fourth-order valence-corrected chi connectivity index (χ4v) is 1.92. The lowest BCUT2D eigenvalue weighted by molar-refractivity contribution is -0.128. The topological polar surface area (TPSA) is 50.4 Å². The van der Waals surface area contributed by atoms with Crippen LogP contribution < -0.4 is 10.6 Å². The van der Waals surface area contributed by atoms with Gasteiger partial charge in [0.2, 0.25) is 5.91 Å². The van der Waals surface area contributed by atoms with Crippen LogP contribution in [-0.2, 0) is 9.53 Å². The van der Waals surface area contributed by atoms with Crippen molar-refractivity contribution in [3.63, 3.8) is 0 Å². The molecule has 1 saturated heterocycles. The molecule has 1 rings (SSSR count). The van der Waals surface area contributed by atoms with Crippen LogP contribution in [0, 0.1) is 5.92 Å². The smallest absolute Gasteiger partial charge is 0.223 e. The molecule has 5 heteroatoms. The maximum absolute atomic E-state index is 11.9. The van der Waals surface area contributed by atoms with Gasteiger partial charge in [0, 0.05) is 13.0 Å². The molecule has 1 aliphatic rings. The number of methoxy groups -OCH3 is 1. The molecule has 1 heterocycles. The second-order valence-electron chi connectivity index (χ2n) is 4.83. The van der Waals surface area contributed by atoms with Gasteiger partial charge in [0.15, 0.2) is 0 Å². The summed E-state index contributed by atoms with van der Waals surface area (Å²) in [6.45, 7) is 6.40. The van der Waals surface area contributed by atoms with Gasteiger partial charge in [-0.2, -0.15) is 0 Å². The van der Waals surface area contributed by atoms with Crippen molar-refractivity contribution < 1.29 is 9.53 Å². The molecule has 4 nitrogen and oxygen atoms in total. The standard InChI is InChI=1S/C11H22N2O2.ClH/c1-11(2,8-15-3)13-10(14)9-4-6-12-7-5-9;/h9,12H,4-8H2,1-3H3,(H,13,14);1H. The second-order valence-corrected chi connectivity index (χ2v) is 4.83. The minimum Gasteiger partial charge on any atom is -0.382 e. The molecule has 96 valence electrons. The molecule has 0 radical (unpaired) electrons. The molecule has 16 heavy (non-hydrogen) atoms. The van der Waals surface area contributed by atoms with E-state index in [1.54, 1.807) is 7.11 Å². The highest BCUT2D eigenvalue weighted by Crippen LogP contribution is 2.13. The normalized spacial score (nSPS) is 17.7. The fraction of sp³-hybridized carbons (Fsp3) is 0.909. The highest BCUT2D eigenvalue weighted by Gasteiger charge is 2.26. The van der Waals surface area contributed by atoms with E-state index >= 15 is 0 Å². The van der Waals surface area contributed by atoms with E-state index in [2.05, 4.69) is 10.6 Å². The zero-order valence-corrected chi connectivity index (χ0v) is 11.2. The molecule has 1 amide bonds. The van der Waals surface area contributed by atoms with E-state index in [9.17, 15) is 4.79 Å². The average Bonchev–Trinajstić information content (AvgIpc) is 2.18. The van der Waals surface area contributed by atoms with Crippen LogP contribution in [0.5, 0.6) is 0 Å². The molecular weight excluding hydrogens is 228 g/mol. The van der Waals surface area contributed by atoms with Crippen LogP contribution in [0.1, 0.15) is 26.7 Å². The molecule has 0 spiro atoms. The maximum atomic E-state index is 11.9. The van der Waals surface area contributed by atoms with Gasteiger partial charge in [-0.3, -0.25) is 4.79 Å². The van der Waals surface area contributed by atoms with E-state index in [1.807, 2.05) is 13.8 Å². The van der Waals surface area contributed by atoms with Crippen molar-refractivity contribution in [1.82, 2.24) is 10.6 Å². The highest BCUT2D eigenvalue weighted by molar-refractivity contribution is 5.85. The van der Waals surface area contributed by atoms with Gasteiger partial charge in [0.1, 0.15) is 0 Å². The number of halogens is 1. The Hall–Kier alpha value is -0.320. The first kappa shape index (κ1) is 15.7. The number of hydrogen-bond acceptors (Lipinski definition) is 3. The summed E-state index contributed by atoms with van der Waals surface area (Å²) in [6, 6.07) is 0. The third-order valence-electron chi connectivity index (χ3n) is 2.68. The maximum Gasteiger partial charge on any atom is 0.223 e. The van der Waals surface area contributed by atoms with Crippen molar-refractivity contribution in [3.8, 4) is 0 Å². The molecule has 0 aromatic carbocycles. The Kier molecular flexibility index (Phi) is 6.95. The van der Waals surface area contributed by atoms with Gasteiger partial charge in [0.05, 0.1) is 12.1 Å². The van der Waals surface area contributed by atoms with Gasteiger partial charge in [-0.15, -0.1) is 12.4 Å². The Balaban J connectivity index is 0.00000225. The van der Waals surface area contributed by atoms with Crippen LogP contribution in [0.3, 0.4) is 0 Å². The van der Waals surface area contributed by atoms with Gasteiger partial charge in [-0.25, -0.2) is 0 Å². The summed E-state index contributed by atoms with van der Waals surface area (Å²) in [5, 5.41) is 6.29. The summed E-state index contributed by atoms with van der Waals surface area (Å²) >= 11 is 0. The van der Waals surface area contributed by atoms with E-state index in [0.717, 1.165) is 25.9 Å². The van der Waals surface area contributed by atoms with Crippen molar-refractivity contribution in [2.24, 2.45) is 5.92 Å². The summed E-state index contributed by atoms with van der Waals surface area (Å²) in [5.41, 5.74) is -0.267. The molecule has 0 saturated carbocycles. The quantitative estimate of drug-likeness (QED) is 0.781. The lowest BCUT2D eigenvalue weighted by atomic mass is 9.95. The third-order valence-corrected chi connectivity index (χ3v) is 2.68. The van der Waals surface area contributed by atoms with E-state index in [1.165, 1.54) is 0 Å². The second kappa shape index (κ2) is 7.09. The van der Waals surface area contributed by atoms with Crippen molar-refractivity contribution >= 4 is 18.3 Å². The first-order valence-electron chi connectivity index (χ1n) is 5.57. The predicted molar refractivity (Wildman–Crippen MR) is 66.9 cm³/mol. The molecule has 0 aliphatic carbocycles. The first-order chi connectivity index (χ1) is 7.05. The number of ether oxygens (including phenoxy) is 1. The van der Waals surface area contributed by atoms with Gasteiger partial charge in [-0.05, 0) is 39.8 Å². The Morgan fingerprint density at radius 1 is 1.44 bits per heavy atom. The number of carbonyl (C=O) groups is 1. The fourth-order valence-electron chi connectivity index (χ4n) is 1.92. The third kappa shape index (κ3) is 5.14. The SMILES string of the molecule is COCC(C)(C)NC(=O)C1CCNCC1.Cl. The van der Waals surface area contributed by atoms with Crippen LogP contribution in [0.15, 0.2) is 0 Å². The number of amides is 1. The average molecular weight is 251 g/mol. The van der Waals surface area contributed by atoms with Gasteiger partial charge < -0.3 is 15.4 Å². The lowest BCUT2D eigenvalue weighted by Crippen LogP contribution is -2.50. The molecule has 0 aromatic heterocycles. The summed E-state index contributed by atoms with van der Waals surface area (Å²) in [6.07, 6.45) is 1.88. The number of carbonyl (C=O) groups excluding carboxylic acids is 1. The molecule has 0 unspecified atom stereocenters. The summed E-state index contributed by atoms with van der Waals surface area (Å²) < 4.78 is 5.07. The lowest BCUT2D eigenvalue weighted by Gasteiger charge is -2.29. The largest absolute Gasteiger partial charge is 0.382 e. The minimum atomic E-state index is -0.267. The van der Waals surface area contributed by atoms with E-state index in [0.29, 0.717) is 6.61 Å². The van der Waals surface area contributed by atoms with Crippen molar-refractivity contribution in [1.29, 1.82) is 0 Å². The zero-order chi connectivity index (χ0) is 11.3. The zero-order valence-electron chi connectivity index (χ0n) is 10.3. The van der Waals surface area contributed by atoms with Gasteiger partial charge in [-0.1, -0.05) is 0 Å². The van der Waals surface area contributed by atoms with Gasteiger partial charge in [0.25, 0.3) is 0 Å². The Labute approximate surface area is 104 Å². The predicted octanol–water partition coefficient (Wildman–Crippen LogP) is 0.949. The summed E-state index contributed by atoms with van der Waals surface area (Å²) in [7, 11) is 1.65. The highest BCUT2D eigenvalue weighted by atomic mass is 35.5. The minimum absolute atomic E-state index is 0. The van der Waals surface area contributed by atoms with Crippen molar-refractivity contribution in [2.45, 2.75) is 32.2 Å². The Morgan fingerprint density at radius 2 is 2.00 bits per heavy atom. The molecule has 0 atom stereocenters. The van der Waals surface area contributed by atoms with Crippen LogP contribution >= 0.6 is 12.4 Å². The Bertz CT molecular complexity index is 216. The van der Waals surface area contributed by atoms with Crippen molar-refractivity contribution in [2.75, 3.05) is 26.8 Å². The first-order valence-corrected chi connectivity index (χ1v) is 5.57. The molecule has 1 aliphatic heterocycles. The van der Waals surface area contributed by atoms with Crippen LogP contribution in [-0.4, -0.2) is 38.3 Å². The van der Waals surface area contributed by atoms with Gasteiger partial charge >= 0.3 is 0 Å². The monoisotopic (exact) mass is 250 g/mol. The van der Waals surface area contributed by atoms with Crippen LogP contribution in [0.25, 0.3) is 0 Å². The molecule has 0 aromatic rings. The van der Waals surface area contributed by atoms with E-state index in [4.69, 9.17) is 4.74 Å². The van der Waals surface area contributed by atoms with Crippen LogP contribution in [0.4, 0.5) is 0 Å². The Morgan fingerprint density at radius 3 is 2.50 bits per heavy atom.